The highest BCUT2D eigenvalue weighted by molar-refractivity contribution is 5.84. The maximum Gasteiger partial charge on any atom is 0.227 e. The first-order valence-electron chi connectivity index (χ1n) is 11.7. The van der Waals surface area contributed by atoms with Crippen molar-refractivity contribution in [3.63, 3.8) is 0 Å². The molecule has 1 unspecified atom stereocenters. The van der Waals surface area contributed by atoms with Crippen molar-refractivity contribution in [3.8, 4) is 0 Å². The van der Waals surface area contributed by atoms with Crippen LogP contribution in [0.25, 0.3) is 0 Å². The van der Waals surface area contributed by atoms with E-state index in [9.17, 15) is 18.4 Å². The van der Waals surface area contributed by atoms with Gasteiger partial charge in [0.2, 0.25) is 11.8 Å². The normalized spacial score (nSPS) is 16.0. The third-order valence-corrected chi connectivity index (χ3v) is 6.41. The molecule has 0 saturated heterocycles. The van der Waals surface area contributed by atoms with Gasteiger partial charge in [0.1, 0.15) is 11.6 Å². The van der Waals surface area contributed by atoms with Gasteiger partial charge in [0.25, 0.3) is 0 Å². The third kappa shape index (κ3) is 7.55. The molecule has 1 aliphatic carbocycles. The largest absolute Gasteiger partial charge is 0.383 e. The summed E-state index contributed by atoms with van der Waals surface area (Å²) >= 11 is 0. The summed E-state index contributed by atoms with van der Waals surface area (Å²) in [5.74, 6) is -1.34. The minimum absolute atomic E-state index is 0.0578. The third-order valence-electron chi connectivity index (χ3n) is 6.41. The second kappa shape index (κ2) is 12.3. The fourth-order valence-electron chi connectivity index (χ4n) is 4.37. The molecule has 1 aliphatic rings. The Morgan fingerprint density at radius 1 is 0.848 bits per heavy atom. The van der Waals surface area contributed by atoms with E-state index in [0.29, 0.717) is 13.1 Å². The van der Waals surface area contributed by atoms with E-state index in [1.54, 1.807) is 31.2 Å². The van der Waals surface area contributed by atoms with Gasteiger partial charge in [0, 0.05) is 25.3 Å². The predicted octanol–water partition coefficient (Wildman–Crippen LogP) is 4.61. The molecule has 178 valence electrons. The van der Waals surface area contributed by atoms with Gasteiger partial charge in [-0.25, -0.2) is 8.78 Å². The summed E-state index contributed by atoms with van der Waals surface area (Å²) < 4.78 is 26.2. The van der Waals surface area contributed by atoms with E-state index in [4.69, 9.17) is 0 Å². The summed E-state index contributed by atoms with van der Waals surface area (Å²) in [6, 6.07) is 12.0. The quantitative estimate of drug-likeness (QED) is 0.457. The van der Waals surface area contributed by atoms with Crippen LogP contribution in [0.5, 0.6) is 0 Å². The molecule has 5 nitrogen and oxygen atoms in total. The van der Waals surface area contributed by atoms with Crippen molar-refractivity contribution in [3.05, 3.63) is 65.7 Å². The van der Waals surface area contributed by atoms with E-state index in [1.807, 2.05) is 0 Å². The van der Waals surface area contributed by atoms with Crippen LogP contribution in [0.4, 0.5) is 14.5 Å². The van der Waals surface area contributed by atoms with Gasteiger partial charge in [0.05, 0.1) is 11.8 Å². The lowest BCUT2D eigenvalue weighted by Gasteiger charge is -2.30. The molecule has 1 fully saturated rings. The van der Waals surface area contributed by atoms with E-state index in [2.05, 4.69) is 16.0 Å². The Hall–Kier alpha value is -2.96. The summed E-state index contributed by atoms with van der Waals surface area (Å²) in [7, 11) is 0. The number of hydrogen-bond acceptors (Lipinski definition) is 3. The lowest BCUT2D eigenvalue weighted by molar-refractivity contribution is -0.127. The van der Waals surface area contributed by atoms with Crippen LogP contribution in [0.2, 0.25) is 0 Å². The van der Waals surface area contributed by atoms with E-state index in [1.165, 1.54) is 30.7 Å². The van der Waals surface area contributed by atoms with Gasteiger partial charge < -0.3 is 16.0 Å². The maximum atomic E-state index is 13.2. The monoisotopic (exact) mass is 457 g/mol. The molecular weight excluding hydrogens is 424 g/mol. The molecular formula is C26H33F2N3O2. The zero-order valence-corrected chi connectivity index (χ0v) is 19.1. The average molecular weight is 458 g/mol. The van der Waals surface area contributed by atoms with Gasteiger partial charge in [0.15, 0.2) is 0 Å². The molecule has 2 aromatic rings. The molecule has 2 atom stereocenters. The van der Waals surface area contributed by atoms with Crippen LogP contribution >= 0.6 is 0 Å². The number of carbonyl (C=O) groups is 2. The number of carbonyl (C=O) groups excluding carboxylic acids is 2. The molecule has 1 saturated carbocycles. The molecule has 33 heavy (non-hydrogen) atoms. The highest BCUT2D eigenvalue weighted by Gasteiger charge is 2.30. The Morgan fingerprint density at radius 3 is 2.09 bits per heavy atom. The first-order valence-corrected chi connectivity index (χ1v) is 11.7. The second-order valence-corrected chi connectivity index (χ2v) is 8.75. The Kier molecular flexibility index (Phi) is 9.22. The smallest absolute Gasteiger partial charge is 0.227 e. The molecule has 0 spiro atoms. The molecule has 0 heterocycles. The number of anilines is 1. The molecule has 0 aliphatic heterocycles. The van der Waals surface area contributed by atoms with Gasteiger partial charge in [-0.05, 0) is 67.6 Å². The summed E-state index contributed by atoms with van der Waals surface area (Å²) in [6.45, 7) is 3.01. The molecule has 7 heteroatoms. The average Bonchev–Trinajstić information content (AvgIpc) is 2.83. The van der Waals surface area contributed by atoms with Crippen molar-refractivity contribution >= 4 is 17.5 Å². The summed E-state index contributed by atoms with van der Waals surface area (Å²) in [5.41, 5.74) is 1.52. The Labute approximate surface area is 194 Å². The molecule has 0 bridgehead atoms. The summed E-state index contributed by atoms with van der Waals surface area (Å²) in [5, 5.41) is 9.09. The number of amides is 2. The Balaban J connectivity index is 1.52. The molecule has 2 amide bonds. The predicted molar refractivity (Wildman–Crippen MR) is 126 cm³/mol. The van der Waals surface area contributed by atoms with Crippen LogP contribution in [0.1, 0.15) is 50.5 Å². The van der Waals surface area contributed by atoms with Crippen molar-refractivity contribution in [1.29, 1.82) is 0 Å². The highest BCUT2D eigenvalue weighted by atomic mass is 19.1. The van der Waals surface area contributed by atoms with Gasteiger partial charge >= 0.3 is 0 Å². The highest BCUT2D eigenvalue weighted by Crippen LogP contribution is 2.30. The van der Waals surface area contributed by atoms with Crippen LogP contribution in [0.15, 0.2) is 48.5 Å². The topological polar surface area (TPSA) is 70.2 Å². The molecule has 0 aromatic heterocycles. The van der Waals surface area contributed by atoms with Crippen molar-refractivity contribution in [2.24, 2.45) is 11.8 Å². The molecule has 3 rings (SSSR count). The Morgan fingerprint density at radius 2 is 1.45 bits per heavy atom. The summed E-state index contributed by atoms with van der Waals surface area (Å²) in [4.78, 5) is 25.7. The first kappa shape index (κ1) is 24.7. The van der Waals surface area contributed by atoms with Crippen molar-refractivity contribution in [1.82, 2.24) is 10.6 Å². The number of halogens is 2. The Bertz CT molecular complexity index is 897. The number of nitrogens with one attached hydrogen (secondary N) is 3. The van der Waals surface area contributed by atoms with Crippen LogP contribution < -0.4 is 16.0 Å². The lowest BCUT2D eigenvalue weighted by atomic mass is 9.79. The van der Waals surface area contributed by atoms with Gasteiger partial charge in [-0.2, -0.15) is 0 Å². The minimum atomic E-state index is -0.430. The number of hydrogen-bond donors (Lipinski definition) is 3. The van der Waals surface area contributed by atoms with Crippen LogP contribution in [0, 0.1) is 23.5 Å². The molecule has 2 aromatic carbocycles. The van der Waals surface area contributed by atoms with E-state index >= 15 is 0 Å². The van der Waals surface area contributed by atoms with Crippen molar-refractivity contribution < 1.29 is 18.4 Å². The first-order chi connectivity index (χ1) is 15.9. The van der Waals surface area contributed by atoms with Crippen molar-refractivity contribution in [2.45, 2.75) is 44.9 Å². The zero-order chi connectivity index (χ0) is 23.6. The minimum Gasteiger partial charge on any atom is -0.383 e. The van der Waals surface area contributed by atoms with E-state index in [0.717, 1.165) is 36.9 Å². The van der Waals surface area contributed by atoms with Crippen LogP contribution in [-0.4, -0.2) is 31.4 Å². The number of rotatable bonds is 10. The van der Waals surface area contributed by atoms with Gasteiger partial charge in [-0.3, -0.25) is 9.59 Å². The summed E-state index contributed by atoms with van der Waals surface area (Å²) in [6.07, 6.45) is 5.34. The fourth-order valence-corrected chi connectivity index (χ4v) is 4.37. The SMILES string of the molecule is C[C@H](C(=O)NCC(C(=O)NCCNc1ccc(F)cc1)C1CCCCC1)c1ccc(F)cc1. The van der Waals surface area contributed by atoms with E-state index < -0.39 is 5.92 Å². The molecule has 3 N–H and O–H groups in total. The standard InChI is InChI=1S/C26H33F2N3O2/c1-18(19-7-9-21(27)10-8-19)25(32)31-17-24(20-5-3-2-4-6-20)26(33)30-16-15-29-23-13-11-22(28)12-14-23/h7-14,18,20,24,29H,2-6,15-17H2,1H3,(H,30,33)(H,31,32)/t18-,24?/m0/s1. The fraction of sp³-hybridized carbons (Fsp3) is 0.462. The van der Waals surface area contributed by atoms with Gasteiger partial charge in [-0.1, -0.05) is 31.4 Å². The molecule has 0 radical (unpaired) electrons. The number of benzene rings is 2. The lowest BCUT2D eigenvalue weighted by Crippen LogP contribution is -2.44. The van der Waals surface area contributed by atoms with Crippen molar-refractivity contribution in [2.75, 3.05) is 25.0 Å². The van der Waals surface area contributed by atoms with Crippen LogP contribution in [0.3, 0.4) is 0 Å². The zero-order valence-electron chi connectivity index (χ0n) is 19.1. The van der Waals surface area contributed by atoms with Crippen LogP contribution in [-0.2, 0) is 9.59 Å². The maximum absolute atomic E-state index is 13.2. The second-order valence-electron chi connectivity index (χ2n) is 8.75. The van der Waals surface area contributed by atoms with E-state index in [-0.39, 0.29) is 41.8 Å². The van der Waals surface area contributed by atoms with Gasteiger partial charge in [-0.15, -0.1) is 0 Å².